The molecular formula is C15H22N4O3. The summed E-state index contributed by atoms with van der Waals surface area (Å²) in [7, 11) is 3.44. The minimum absolute atomic E-state index is 0.0903. The predicted octanol–water partition coefficient (Wildman–Crippen LogP) is 1.43. The molecule has 1 heterocycles. The Morgan fingerprint density at radius 2 is 1.95 bits per heavy atom. The van der Waals surface area contributed by atoms with E-state index >= 15 is 0 Å². The molecule has 1 aromatic carbocycles. The average molecular weight is 306 g/mol. The summed E-state index contributed by atoms with van der Waals surface area (Å²) >= 11 is 0. The highest BCUT2D eigenvalue weighted by molar-refractivity contribution is 5.92. The fourth-order valence-corrected chi connectivity index (χ4v) is 2.28. The molecule has 120 valence electrons. The molecule has 0 saturated heterocycles. The molecule has 0 spiro atoms. The number of nitrogens with one attached hydrogen (secondary N) is 2. The first-order valence-corrected chi connectivity index (χ1v) is 7.32. The van der Waals surface area contributed by atoms with Crippen LogP contribution in [0.3, 0.4) is 0 Å². The summed E-state index contributed by atoms with van der Waals surface area (Å²) in [6.45, 7) is 3.81. The van der Waals surface area contributed by atoms with E-state index < -0.39 is 0 Å². The number of imidazole rings is 1. The standard InChI is InChI=1S/C15H22N4O3/c1-4-22-9-5-8-16-14(20)17-11-6-7-12-13(10-11)19(3)15(21)18(12)2/h6-7,10H,4-5,8-9H2,1-3H3,(H2,16,17,20). The van der Waals surface area contributed by atoms with Gasteiger partial charge in [0.15, 0.2) is 0 Å². The largest absolute Gasteiger partial charge is 0.382 e. The van der Waals surface area contributed by atoms with Crippen LogP contribution in [0.1, 0.15) is 13.3 Å². The Balaban J connectivity index is 1.98. The van der Waals surface area contributed by atoms with Crippen molar-refractivity contribution in [3.05, 3.63) is 28.7 Å². The summed E-state index contributed by atoms with van der Waals surface area (Å²) in [5.41, 5.74) is 2.17. The molecule has 7 nitrogen and oxygen atoms in total. The van der Waals surface area contributed by atoms with E-state index in [1.165, 1.54) is 0 Å². The number of amides is 2. The number of anilines is 1. The number of hydrogen-bond acceptors (Lipinski definition) is 3. The molecule has 0 saturated carbocycles. The Bertz CT molecular complexity index is 717. The van der Waals surface area contributed by atoms with Crippen LogP contribution in [0.15, 0.2) is 23.0 Å². The van der Waals surface area contributed by atoms with Crippen molar-refractivity contribution in [2.45, 2.75) is 13.3 Å². The summed E-state index contributed by atoms with van der Waals surface area (Å²) in [5, 5.41) is 5.53. The van der Waals surface area contributed by atoms with Crippen LogP contribution in [0.25, 0.3) is 11.0 Å². The number of urea groups is 1. The van der Waals surface area contributed by atoms with Gasteiger partial charge < -0.3 is 15.4 Å². The van der Waals surface area contributed by atoms with Crippen molar-refractivity contribution < 1.29 is 9.53 Å². The lowest BCUT2D eigenvalue weighted by Crippen LogP contribution is -2.30. The first-order valence-electron chi connectivity index (χ1n) is 7.32. The van der Waals surface area contributed by atoms with E-state index in [0.717, 1.165) is 17.5 Å². The van der Waals surface area contributed by atoms with Crippen LogP contribution >= 0.6 is 0 Å². The Hall–Kier alpha value is -2.28. The minimum Gasteiger partial charge on any atom is -0.382 e. The highest BCUT2D eigenvalue weighted by Crippen LogP contribution is 2.17. The molecule has 7 heteroatoms. The van der Waals surface area contributed by atoms with E-state index in [-0.39, 0.29) is 11.7 Å². The third-order valence-corrected chi connectivity index (χ3v) is 3.48. The number of aryl methyl sites for hydroxylation is 2. The Kier molecular flexibility index (Phi) is 5.21. The number of aromatic nitrogens is 2. The molecular weight excluding hydrogens is 284 g/mol. The maximum Gasteiger partial charge on any atom is 0.328 e. The van der Waals surface area contributed by atoms with Crippen molar-refractivity contribution in [2.75, 3.05) is 25.1 Å². The number of carbonyl (C=O) groups is 1. The smallest absolute Gasteiger partial charge is 0.328 e. The first kappa shape index (κ1) is 16.1. The fraction of sp³-hybridized carbons (Fsp3) is 0.467. The van der Waals surface area contributed by atoms with Gasteiger partial charge in [0.1, 0.15) is 0 Å². The van der Waals surface area contributed by atoms with Gasteiger partial charge >= 0.3 is 11.7 Å². The van der Waals surface area contributed by atoms with Crippen LogP contribution in [0.4, 0.5) is 10.5 Å². The zero-order valence-corrected chi connectivity index (χ0v) is 13.2. The molecule has 0 aliphatic carbocycles. The van der Waals surface area contributed by atoms with E-state index in [1.807, 2.05) is 13.0 Å². The minimum atomic E-state index is -0.267. The van der Waals surface area contributed by atoms with Gasteiger partial charge in [-0.2, -0.15) is 0 Å². The number of nitrogens with zero attached hydrogens (tertiary/aromatic N) is 2. The molecule has 0 fully saturated rings. The molecule has 1 aromatic heterocycles. The van der Waals surface area contributed by atoms with Gasteiger partial charge in [-0.15, -0.1) is 0 Å². The van der Waals surface area contributed by atoms with Gasteiger partial charge in [0, 0.05) is 39.5 Å². The summed E-state index contributed by atoms with van der Waals surface area (Å²) in [6, 6.07) is 5.12. The second-order valence-electron chi connectivity index (χ2n) is 5.04. The van der Waals surface area contributed by atoms with Crippen LogP contribution in [0, 0.1) is 0 Å². The third-order valence-electron chi connectivity index (χ3n) is 3.48. The number of carbonyl (C=O) groups excluding carboxylic acids is 1. The lowest BCUT2D eigenvalue weighted by molar-refractivity contribution is 0.145. The molecule has 0 aliphatic rings. The molecule has 0 aliphatic heterocycles. The predicted molar refractivity (Wildman–Crippen MR) is 86.3 cm³/mol. The monoisotopic (exact) mass is 306 g/mol. The number of benzene rings is 1. The molecule has 2 N–H and O–H groups in total. The number of hydrogen-bond donors (Lipinski definition) is 2. The molecule has 0 unspecified atom stereocenters. The van der Waals surface area contributed by atoms with Crippen molar-refractivity contribution in [3.63, 3.8) is 0 Å². The van der Waals surface area contributed by atoms with Crippen LogP contribution < -0.4 is 16.3 Å². The first-order chi connectivity index (χ1) is 10.5. The van der Waals surface area contributed by atoms with Crippen LogP contribution in [0.5, 0.6) is 0 Å². The van der Waals surface area contributed by atoms with Gasteiger partial charge in [-0.25, -0.2) is 9.59 Å². The van der Waals surface area contributed by atoms with Crippen molar-refractivity contribution in [3.8, 4) is 0 Å². The highest BCUT2D eigenvalue weighted by atomic mass is 16.5. The maximum atomic E-state index is 11.9. The zero-order chi connectivity index (χ0) is 16.1. The summed E-state index contributed by atoms with van der Waals surface area (Å²) < 4.78 is 8.33. The average Bonchev–Trinajstić information content (AvgIpc) is 2.72. The van der Waals surface area contributed by atoms with Gasteiger partial charge in [0.25, 0.3) is 0 Å². The molecule has 0 atom stereocenters. The van der Waals surface area contributed by atoms with Crippen LogP contribution in [-0.2, 0) is 18.8 Å². The topological polar surface area (TPSA) is 77.3 Å². The Morgan fingerprint density at radius 3 is 2.68 bits per heavy atom. The summed E-state index contributed by atoms with van der Waals surface area (Å²) in [5.74, 6) is 0. The van der Waals surface area contributed by atoms with Crippen molar-refractivity contribution in [1.29, 1.82) is 0 Å². The maximum absolute atomic E-state index is 11.9. The molecule has 2 aromatic rings. The molecule has 22 heavy (non-hydrogen) atoms. The van der Waals surface area contributed by atoms with Crippen molar-refractivity contribution in [2.24, 2.45) is 14.1 Å². The number of ether oxygens (including phenoxy) is 1. The van der Waals surface area contributed by atoms with Gasteiger partial charge in [-0.1, -0.05) is 0 Å². The van der Waals surface area contributed by atoms with Gasteiger partial charge in [0.2, 0.25) is 0 Å². The molecule has 0 bridgehead atoms. The van der Waals surface area contributed by atoms with E-state index in [1.54, 1.807) is 35.4 Å². The second-order valence-corrected chi connectivity index (χ2v) is 5.04. The molecule has 2 amide bonds. The number of fused-ring (bicyclic) bond motifs is 1. The lowest BCUT2D eigenvalue weighted by atomic mass is 10.2. The molecule has 0 radical (unpaired) electrons. The summed E-state index contributed by atoms with van der Waals surface area (Å²) in [6.07, 6.45) is 0.771. The lowest BCUT2D eigenvalue weighted by Gasteiger charge is -2.08. The Morgan fingerprint density at radius 1 is 1.23 bits per heavy atom. The quantitative estimate of drug-likeness (QED) is 0.793. The Labute approximate surface area is 128 Å². The van der Waals surface area contributed by atoms with Crippen molar-refractivity contribution >= 4 is 22.8 Å². The van der Waals surface area contributed by atoms with Crippen LogP contribution in [-0.4, -0.2) is 34.9 Å². The van der Waals surface area contributed by atoms with Gasteiger partial charge in [-0.3, -0.25) is 9.13 Å². The molecule has 2 rings (SSSR count). The highest BCUT2D eigenvalue weighted by Gasteiger charge is 2.09. The van der Waals surface area contributed by atoms with E-state index in [9.17, 15) is 9.59 Å². The van der Waals surface area contributed by atoms with Crippen molar-refractivity contribution in [1.82, 2.24) is 14.5 Å². The van der Waals surface area contributed by atoms with E-state index in [2.05, 4.69) is 10.6 Å². The van der Waals surface area contributed by atoms with Crippen LogP contribution in [0.2, 0.25) is 0 Å². The zero-order valence-electron chi connectivity index (χ0n) is 13.2. The summed E-state index contributed by atoms with van der Waals surface area (Å²) in [4.78, 5) is 23.7. The second kappa shape index (κ2) is 7.13. The SMILES string of the molecule is CCOCCCNC(=O)Nc1ccc2c(c1)n(C)c(=O)n2C. The van der Waals surface area contributed by atoms with Gasteiger partial charge in [-0.05, 0) is 31.5 Å². The van der Waals surface area contributed by atoms with Gasteiger partial charge in [0.05, 0.1) is 11.0 Å². The van der Waals surface area contributed by atoms with E-state index in [0.29, 0.717) is 25.4 Å². The fourth-order valence-electron chi connectivity index (χ4n) is 2.28. The normalized spacial score (nSPS) is 10.9. The van der Waals surface area contributed by atoms with E-state index in [4.69, 9.17) is 4.74 Å². The number of rotatable bonds is 6. The third kappa shape index (κ3) is 3.48.